The van der Waals surface area contributed by atoms with Gasteiger partial charge >= 0.3 is 6.09 Å². The van der Waals surface area contributed by atoms with Crippen LogP contribution in [0.3, 0.4) is 0 Å². The molecule has 3 N–H and O–H groups in total. The normalized spacial score (nSPS) is 10.8. The molecule has 1 amide bonds. The molecule has 116 valence electrons. The van der Waals surface area contributed by atoms with Gasteiger partial charge in [-0.3, -0.25) is 0 Å². The predicted molar refractivity (Wildman–Crippen MR) is 93.5 cm³/mol. The molecule has 0 unspecified atom stereocenters. The highest BCUT2D eigenvalue weighted by atomic mass is 32.2. The summed E-state index contributed by atoms with van der Waals surface area (Å²) in [5.74, 6) is 1.31. The van der Waals surface area contributed by atoms with Gasteiger partial charge in [0.15, 0.2) is 0 Å². The summed E-state index contributed by atoms with van der Waals surface area (Å²) in [7, 11) is 0. The number of thioether (sulfide) groups is 1. The highest BCUT2D eigenvalue weighted by Gasteiger charge is 2.03. The summed E-state index contributed by atoms with van der Waals surface area (Å²) in [5.41, 5.74) is 6.42. The third-order valence-corrected chi connectivity index (χ3v) is 3.55. The first-order valence-electron chi connectivity index (χ1n) is 6.52. The van der Waals surface area contributed by atoms with Crippen molar-refractivity contribution in [2.45, 2.75) is 5.75 Å². The molecule has 0 fully saturated rings. The Hall–Kier alpha value is -1.98. The van der Waals surface area contributed by atoms with Crippen LogP contribution in [0, 0.1) is 0 Å². The van der Waals surface area contributed by atoms with Crippen LogP contribution >= 0.6 is 11.8 Å². The average Bonchev–Trinajstić information content (AvgIpc) is 2.50. The maximum Gasteiger partial charge on any atom is 0.412 e. The quantitative estimate of drug-likeness (QED) is 0.718. The van der Waals surface area contributed by atoms with Gasteiger partial charge < -0.3 is 15.8 Å². The van der Waals surface area contributed by atoms with E-state index in [1.54, 1.807) is 36.0 Å². The van der Waals surface area contributed by atoms with Gasteiger partial charge in [0.2, 0.25) is 0 Å². The van der Waals surface area contributed by atoms with Gasteiger partial charge in [-0.05, 0) is 23.8 Å². The van der Waals surface area contributed by atoms with Crippen molar-refractivity contribution in [2.75, 3.05) is 13.1 Å². The molecule has 0 atom stereocenters. The second kappa shape index (κ2) is 9.85. The zero-order valence-corrected chi connectivity index (χ0v) is 12.7. The molecule has 5 heteroatoms. The number of hydrogen-bond donors (Lipinski definition) is 2. The van der Waals surface area contributed by atoms with Crippen molar-refractivity contribution >= 4 is 17.9 Å². The number of benzene rings is 1. The summed E-state index contributed by atoms with van der Waals surface area (Å²) in [6.07, 6.45) is 4.95. The highest BCUT2D eigenvalue weighted by Crippen LogP contribution is 2.23. The van der Waals surface area contributed by atoms with E-state index >= 15 is 0 Å². The monoisotopic (exact) mass is 308 g/mol. The summed E-state index contributed by atoms with van der Waals surface area (Å²) in [6, 6.07) is 7.38. The number of carbonyl (C=O) groups excluding carboxylic acids is 1. The van der Waals surface area contributed by atoms with Crippen LogP contribution in [0.5, 0.6) is 5.75 Å². The maximum atomic E-state index is 11.4. The first-order chi connectivity index (χ1) is 10.2. The van der Waals surface area contributed by atoms with Crippen LogP contribution in [0.25, 0.3) is 0 Å². The smallest absolute Gasteiger partial charge is 0.410 e. The van der Waals surface area contributed by atoms with Crippen molar-refractivity contribution < 1.29 is 12.4 Å². The predicted octanol–water partition coefficient (Wildman–Crippen LogP) is 3.71. The zero-order valence-electron chi connectivity index (χ0n) is 11.9. The number of nitrogens with one attached hydrogen (secondary N) is 1. The zero-order chi connectivity index (χ0) is 15.5. The molecule has 0 heterocycles. The molecule has 1 aromatic rings. The minimum absolute atomic E-state index is 0. The fourth-order valence-corrected chi connectivity index (χ4v) is 2.27. The lowest BCUT2D eigenvalue weighted by Crippen LogP contribution is -2.31. The van der Waals surface area contributed by atoms with Crippen molar-refractivity contribution in [1.82, 2.24) is 5.32 Å². The van der Waals surface area contributed by atoms with Crippen molar-refractivity contribution in [1.29, 1.82) is 0 Å². The molecule has 0 aliphatic rings. The molecule has 0 radical (unpaired) electrons. The van der Waals surface area contributed by atoms with Crippen LogP contribution in [-0.4, -0.2) is 19.2 Å². The van der Waals surface area contributed by atoms with Crippen LogP contribution < -0.4 is 15.8 Å². The Balaban J connectivity index is 0. The topological polar surface area (TPSA) is 64.3 Å². The number of hydrogen-bond acceptors (Lipinski definition) is 4. The van der Waals surface area contributed by atoms with Gasteiger partial charge in [0.25, 0.3) is 0 Å². The van der Waals surface area contributed by atoms with Crippen molar-refractivity contribution in [2.24, 2.45) is 5.73 Å². The summed E-state index contributed by atoms with van der Waals surface area (Å²) < 4.78 is 5.10. The molecule has 0 aromatic heterocycles. The van der Waals surface area contributed by atoms with E-state index in [9.17, 15) is 4.79 Å². The van der Waals surface area contributed by atoms with Crippen LogP contribution in [0.1, 0.15) is 8.42 Å². The molecule has 0 saturated carbocycles. The lowest BCUT2D eigenvalue weighted by Gasteiger charge is -2.07. The Morgan fingerprint density at radius 2 is 2.10 bits per heavy atom. The second-order valence-electron chi connectivity index (χ2n) is 4.05. The van der Waals surface area contributed by atoms with Crippen molar-refractivity contribution in [3.63, 3.8) is 0 Å². The van der Waals surface area contributed by atoms with Crippen molar-refractivity contribution in [3.8, 4) is 5.75 Å². The second-order valence-corrected chi connectivity index (χ2v) is 5.10. The van der Waals surface area contributed by atoms with E-state index in [0.29, 0.717) is 18.8 Å². The first-order valence-corrected chi connectivity index (χ1v) is 7.50. The molecule has 0 aliphatic heterocycles. The van der Waals surface area contributed by atoms with Gasteiger partial charge in [-0.1, -0.05) is 37.4 Å². The Morgan fingerprint density at radius 1 is 1.38 bits per heavy atom. The summed E-state index contributed by atoms with van der Waals surface area (Å²) in [4.78, 5) is 12.4. The minimum atomic E-state index is -0.495. The summed E-state index contributed by atoms with van der Waals surface area (Å²) in [5, 5.41) is 2.54. The van der Waals surface area contributed by atoms with E-state index in [1.165, 1.54) is 0 Å². The van der Waals surface area contributed by atoms with Crippen molar-refractivity contribution in [3.05, 3.63) is 66.1 Å². The van der Waals surface area contributed by atoms with Gasteiger partial charge in [0, 0.05) is 26.6 Å². The average molecular weight is 308 g/mol. The van der Waals surface area contributed by atoms with E-state index < -0.39 is 6.09 Å². The number of carbonyl (C=O) groups is 1. The van der Waals surface area contributed by atoms with Gasteiger partial charge in [0.1, 0.15) is 5.75 Å². The standard InChI is InChI=1S/C16H20N2O2S.2H2/c1-3-5-15(4-2)21-12-13-6-8-14(9-7-13)20-16(19)18-11-10-17;;/h3-9H,1-2,10-12,17H2,(H,18,19);2*1H/b15-5+;;. The number of rotatable bonds is 8. The highest BCUT2D eigenvalue weighted by molar-refractivity contribution is 8.02. The van der Waals surface area contributed by atoms with Gasteiger partial charge in [-0.2, -0.15) is 0 Å². The fourth-order valence-electron chi connectivity index (χ4n) is 1.43. The van der Waals surface area contributed by atoms with Crippen LogP contribution in [-0.2, 0) is 5.75 Å². The molecule has 0 aliphatic carbocycles. The number of allylic oxidation sites excluding steroid dienone is 3. The maximum absolute atomic E-state index is 11.4. The van der Waals surface area contributed by atoms with E-state index in [0.717, 1.165) is 16.2 Å². The molecule has 0 bridgehead atoms. The van der Waals surface area contributed by atoms with E-state index in [1.807, 2.05) is 18.2 Å². The molecule has 21 heavy (non-hydrogen) atoms. The lowest BCUT2D eigenvalue weighted by molar-refractivity contribution is 0.201. The third-order valence-electron chi connectivity index (χ3n) is 2.44. The van der Waals surface area contributed by atoms with Crippen LogP contribution in [0.15, 0.2) is 60.6 Å². The minimum Gasteiger partial charge on any atom is -0.410 e. The largest absolute Gasteiger partial charge is 0.412 e. The fraction of sp³-hybridized carbons (Fsp3) is 0.188. The summed E-state index contributed by atoms with van der Waals surface area (Å²) in [6.45, 7) is 8.20. The van der Waals surface area contributed by atoms with E-state index in [2.05, 4.69) is 18.5 Å². The molecule has 1 aromatic carbocycles. The van der Waals surface area contributed by atoms with Crippen LogP contribution in [0.2, 0.25) is 0 Å². The first kappa shape index (κ1) is 17.1. The molecule has 1 rings (SSSR count). The SMILES string of the molecule is C=C/C=C(\C=C)SCc1ccc(OC(=O)NCCN)cc1.[HH].[HH]. The number of amides is 1. The molecule has 0 spiro atoms. The summed E-state index contributed by atoms with van der Waals surface area (Å²) >= 11 is 1.67. The Bertz CT molecular complexity index is 519. The van der Waals surface area contributed by atoms with E-state index in [4.69, 9.17) is 10.5 Å². The Kier molecular flexibility index (Phi) is 8.01. The molecular formula is C16H24N2O2S. The van der Waals surface area contributed by atoms with Gasteiger partial charge in [0.05, 0.1) is 0 Å². The van der Waals surface area contributed by atoms with Crippen LogP contribution in [0.4, 0.5) is 4.79 Å². The third kappa shape index (κ3) is 6.83. The molecule has 0 saturated heterocycles. The Morgan fingerprint density at radius 3 is 2.67 bits per heavy atom. The number of ether oxygens (including phenoxy) is 1. The molecule has 4 nitrogen and oxygen atoms in total. The lowest BCUT2D eigenvalue weighted by atomic mass is 10.2. The van der Waals surface area contributed by atoms with E-state index in [-0.39, 0.29) is 2.85 Å². The van der Waals surface area contributed by atoms with Gasteiger partial charge in [-0.15, -0.1) is 11.8 Å². The molecular weight excluding hydrogens is 284 g/mol. The number of nitrogens with two attached hydrogens (primary N) is 1. The Labute approximate surface area is 132 Å². The van der Waals surface area contributed by atoms with Gasteiger partial charge in [-0.25, -0.2) is 4.79 Å².